The molecule has 1 heterocycles. The van der Waals surface area contributed by atoms with Crippen molar-refractivity contribution in [1.29, 1.82) is 0 Å². The SMILES string of the molecule is CCCNC(C)c1csc(C2(C)CC2)n1. The van der Waals surface area contributed by atoms with Gasteiger partial charge in [0.05, 0.1) is 10.7 Å². The zero-order chi connectivity index (χ0) is 10.9. The topological polar surface area (TPSA) is 24.9 Å². The normalized spacial score (nSPS) is 20.2. The van der Waals surface area contributed by atoms with Crippen molar-refractivity contribution in [2.24, 2.45) is 0 Å². The van der Waals surface area contributed by atoms with Crippen LogP contribution in [0.5, 0.6) is 0 Å². The van der Waals surface area contributed by atoms with Crippen LogP contribution in [-0.4, -0.2) is 11.5 Å². The smallest absolute Gasteiger partial charge is 0.0988 e. The molecule has 0 aliphatic heterocycles. The van der Waals surface area contributed by atoms with Crippen molar-refractivity contribution >= 4 is 11.3 Å². The molecule has 0 amide bonds. The summed E-state index contributed by atoms with van der Waals surface area (Å²) in [5.74, 6) is 0. The first-order chi connectivity index (χ1) is 7.15. The van der Waals surface area contributed by atoms with Crippen molar-refractivity contribution in [3.05, 3.63) is 16.1 Å². The highest BCUT2D eigenvalue weighted by Crippen LogP contribution is 2.48. The molecule has 0 spiro atoms. The van der Waals surface area contributed by atoms with Gasteiger partial charge in [0.1, 0.15) is 0 Å². The first-order valence-corrected chi connectivity index (χ1v) is 6.73. The molecule has 1 saturated carbocycles. The van der Waals surface area contributed by atoms with Gasteiger partial charge in [0.15, 0.2) is 0 Å². The van der Waals surface area contributed by atoms with Gasteiger partial charge in [0.2, 0.25) is 0 Å². The van der Waals surface area contributed by atoms with Crippen LogP contribution < -0.4 is 5.32 Å². The van der Waals surface area contributed by atoms with Gasteiger partial charge >= 0.3 is 0 Å². The van der Waals surface area contributed by atoms with E-state index in [4.69, 9.17) is 4.98 Å². The number of rotatable bonds is 5. The summed E-state index contributed by atoms with van der Waals surface area (Å²) < 4.78 is 0. The van der Waals surface area contributed by atoms with E-state index >= 15 is 0 Å². The van der Waals surface area contributed by atoms with Gasteiger partial charge in [-0.15, -0.1) is 11.3 Å². The molecule has 1 atom stereocenters. The minimum absolute atomic E-state index is 0.400. The Bertz CT molecular complexity index is 328. The van der Waals surface area contributed by atoms with Gasteiger partial charge < -0.3 is 5.32 Å². The number of nitrogens with zero attached hydrogens (tertiary/aromatic N) is 1. The van der Waals surface area contributed by atoms with Crippen LogP contribution in [0.1, 0.15) is 56.8 Å². The first-order valence-electron chi connectivity index (χ1n) is 5.85. The fourth-order valence-corrected chi connectivity index (χ4v) is 2.76. The summed E-state index contributed by atoms with van der Waals surface area (Å²) in [5.41, 5.74) is 1.64. The molecule has 84 valence electrons. The molecule has 3 heteroatoms. The second kappa shape index (κ2) is 4.22. The maximum atomic E-state index is 4.75. The lowest BCUT2D eigenvalue weighted by Gasteiger charge is -2.10. The molecule has 1 aliphatic rings. The van der Waals surface area contributed by atoms with Gasteiger partial charge in [-0.2, -0.15) is 0 Å². The number of hydrogen-bond donors (Lipinski definition) is 1. The quantitative estimate of drug-likeness (QED) is 0.830. The molecule has 1 N–H and O–H groups in total. The second-order valence-corrected chi connectivity index (χ2v) is 5.67. The van der Waals surface area contributed by atoms with E-state index in [1.165, 1.54) is 30.0 Å². The predicted octanol–water partition coefficient (Wildman–Crippen LogP) is 3.26. The van der Waals surface area contributed by atoms with Gasteiger partial charge in [0.25, 0.3) is 0 Å². The number of thiazole rings is 1. The summed E-state index contributed by atoms with van der Waals surface area (Å²) >= 11 is 1.83. The molecule has 0 radical (unpaired) electrons. The largest absolute Gasteiger partial charge is 0.309 e. The lowest BCUT2D eigenvalue weighted by molar-refractivity contribution is 0.558. The lowest BCUT2D eigenvalue weighted by atomic mass is 10.1. The summed E-state index contributed by atoms with van der Waals surface area (Å²) in [6.45, 7) is 7.78. The Morgan fingerprint density at radius 1 is 1.60 bits per heavy atom. The number of hydrogen-bond acceptors (Lipinski definition) is 3. The van der Waals surface area contributed by atoms with Crippen LogP contribution in [0.4, 0.5) is 0 Å². The minimum Gasteiger partial charge on any atom is -0.309 e. The maximum Gasteiger partial charge on any atom is 0.0988 e. The first kappa shape index (κ1) is 11.1. The van der Waals surface area contributed by atoms with E-state index in [0.717, 1.165) is 6.54 Å². The van der Waals surface area contributed by atoms with E-state index in [9.17, 15) is 0 Å². The van der Waals surface area contributed by atoms with Crippen molar-refractivity contribution < 1.29 is 0 Å². The van der Waals surface area contributed by atoms with Gasteiger partial charge in [-0.1, -0.05) is 13.8 Å². The van der Waals surface area contributed by atoms with Crippen molar-refractivity contribution in [3.63, 3.8) is 0 Å². The van der Waals surface area contributed by atoms with E-state index in [1.54, 1.807) is 0 Å². The molecule has 1 aliphatic carbocycles. The van der Waals surface area contributed by atoms with E-state index in [1.807, 2.05) is 11.3 Å². The summed E-state index contributed by atoms with van der Waals surface area (Å²) in [5, 5.41) is 7.03. The predicted molar refractivity (Wildman–Crippen MR) is 65.4 cm³/mol. The zero-order valence-corrected chi connectivity index (χ0v) is 10.7. The van der Waals surface area contributed by atoms with E-state index in [-0.39, 0.29) is 0 Å². The number of aromatic nitrogens is 1. The third-order valence-electron chi connectivity index (χ3n) is 3.18. The monoisotopic (exact) mass is 224 g/mol. The van der Waals surface area contributed by atoms with Crippen LogP contribution in [0.2, 0.25) is 0 Å². The van der Waals surface area contributed by atoms with Crippen molar-refractivity contribution in [2.45, 2.75) is 51.5 Å². The molecule has 1 fully saturated rings. The second-order valence-electron chi connectivity index (χ2n) is 4.81. The van der Waals surface area contributed by atoms with E-state index in [2.05, 4.69) is 31.5 Å². The highest BCUT2D eigenvalue weighted by molar-refractivity contribution is 7.09. The summed E-state index contributed by atoms with van der Waals surface area (Å²) in [6.07, 6.45) is 3.81. The molecule has 1 unspecified atom stereocenters. The standard InChI is InChI=1S/C12H20N2S/c1-4-7-13-9(2)10-8-15-11(14-10)12(3)5-6-12/h8-9,13H,4-7H2,1-3H3. The van der Waals surface area contributed by atoms with E-state index < -0.39 is 0 Å². The minimum atomic E-state index is 0.400. The Labute approximate surface area is 96.1 Å². The zero-order valence-electron chi connectivity index (χ0n) is 9.84. The Hall–Kier alpha value is -0.410. The molecule has 1 aromatic rings. The summed E-state index contributed by atoms with van der Waals surface area (Å²) in [6, 6.07) is 0.400. The average Bonchev–Trinajstić information content (AvgIpc) is 2.82. The van der Waals surface area contributed by atoms with E-state index in [0.29, 0.717) is 11.5 Å². The third kappa shape index (κ3) is 2.40. The van der Waals surface area contributed by atoms with Gasteiger partial charge in [-0.3, -0.25) is 0 Å². The molecule has 15 heavy (non-hydrogen) atoms. The van der Waals surface area contributed by atoms with Crippen molar-refractivity contribution in [3.8, 4) is 0 Å². The van der Waals surface area contributed by atoms with Gasteiger partial charge in [0, 0.05) is 16.8 Å². The van der Waals surface area contributed by atoms with Crippen LogP contribution >= 0.6 is 11.3 Å². The van der Waals surface area contributed by atoms with Crippen LogP contribution in [0.25, 0.3) is 0 Å². The highest BCUT2D eigenvalue weighted by atomic mass is 32.1. The van der Waals surface area contributed by atoms with Gasteiger partial charge in [-0.25, -0.2) is 4.98 Å². The fourth-order valence-electron chi connectivity index (χ4n) is 1.63. The van der Waals surface area contributed by atoms with Gasteiger partial charge in [-0.05, 0) is 32.7 Å². The molecule has 2 rings (SSSR count). The highest BCUT2D eigenvalue weighted by Gasteiger charge is 2.41. The molecular weight excluding hydrogens is 204 g/mol. The molecule has 2 nitrogen and oxygen atoms in total. The van der Waals surface area contributed by atoms with Crippen LogP contribution in [-0.2, 0) is 5.41 Å². The molecule has 1 aromatic heterocycles. The molecular formula is C12H20N2S. The summed E-state index contributed by atoms with van der Waals surface area (Å²) in [4.78, 5) is 4.75. The fraction of sp³-hybridized carbons (Fsp3) is 0.750. The third-order valence-corrected chi connectivity index (χ3v) is 4.35. The Morgan fingerprint density at radius 3 is 2.93 bits per heavy atom. The molecule has 0 saturated heterocycles. The van der Waals surface area contributed by atoms with Crippen molar-refractivity contribution in [1.82, 2.24) is 10.3 Å². The summed E-state index contributed by atoms with van der Waals surface area (Å²) in [7, 11) is 0. The Morgan fingerprint density at radius 2 is 2.33 bits per heavy atom. The van der Waals surface area contributed by atoms with Crippen LogP contribution in [0.3, 0.4) is 0 Å². The average molecular weight is 224 g/mol. The Balaban J connectivity index is 2.00. The van der Waals surface area contributed by atoms with Crippen LogP contribution in [0, 0.1) is 0 Å². The van der Waals surface area contributed by atoms with Crippen molar-refractivity contribution in [2.75, 3.05) is 6.54 Å². The maximum absolute atomic E-state index is 4.75. The molecule has 0 bridgehead atoms. The molecule has 0 aromatic carbocycles. The lowest BCUT2D eigenvalue weighted by Crippen LogP contribution is -2.19. The number of nitrogens with one attached hydrogen (secondary N) is 1. The Kier molecular flexibility index (Phi) is 3.12. The van der Waals surface area contributed by atoms with Crippen LogP contribution in [0.15, 0.2) is 5.38 Å².